The monoisotopic (exact) mass is 420 g/mol. The Morgan fingerprint density at radius 1 is 0.600 bits per heavy atom. The molecule has 2 aliphatic heterocycles. The van der Waals surface area contributed by atoms with Crippen molar-refractivity contribution in [2.45, 2.75) is 117 Å². The second kappa shape index (κ2) is 14.9. The fourth-order valence-electron chi connectivity index (χ4n) is 5.22. The highest BCUT2D eigenvalue weighted by Gasteiger charge is 2.24. The molecule has 2 amide bonds. The summed E-state index contributed by atoms with van der Waals surface area (Å²) < 4.78 is 0. The smallest absolute Gasteiger partial charge is 0.222 e. The molecular weight excluding hydrogens is 372 g/mol. The van der Waals surface area contributed by atoms with E-state index in [1.807, 2.05) is 0 Å². The summed E-state index contributed by atoms with van der Waals surface area (Å²) in [4.78, 5) is 28.6. The van der Waals surface area contributed by atoms with E-state index in [9.17, 15) is 9.59 Å². The van der Waals surface area contributed by atoms with Crippen molar-refractivity contribution in [2.75, 3.05) is 26.2 Å². The van der Waals surface area contributed by atoms with Gasteiger partial charge in [0.05, 0.1) is 0 Å². The van der Waals surface area contributed by atoms with Crippen LogP contribution in [0.15, 0.2) is 0 Å². The first kappa shape index (κ1) is 25.2. The fraction of sp³-hybridized carbons (Fsp3) is 0.923. The van der Waals surface area contributed by atoms with Gasteiger partial charge in [-0.1, -0.05) is 65.2 Å². The van der Waals surface area contributed by atoms with E-state index in [0.717, 1.165) is 57.3 Å². The van der Waals surface area contributed by atoms with Crippen LogP contribution < -0.4 is 0 Å². The first-order valence-electron chi connectivity index (χ1n) is 13.2. The molecule has 2 heterocycles. The fourth-order valence-corrected chi connectivity index (χ4v) is 5.22. The van der Waals surface area contributed by atoms with Gasteiger partial charge in [0.1, 0.15) is 0 Å². The number of carbonyl (C=O) groups excluding carboxylic acids is 2. The topological polar surface area (TPSA) is 40.6 Å². The summed E-state index contributed by atoms with van der Waals surface area (Å²) in [6, 6.07) is 0. The first-order chi connectivity index (χ1) is 14.6. The minimum absolute atomic E-state index is 0.355. The molecule has 4 nitrogen and oxygen atoms in total. The summed E-state index contributed by atoms with van der Waals surface area (Å²) >= 11 is 0. The maximum absolute atomic E-state index is 12.4. The molecule has 0 aromatic rings. The van der Waals surface area contributed by atoms with Gasteiger partial charge in [-0.05, 0) is 50.4 Å². The van der Waals surface area contributed by atoms with Crippen molar-refractivity contribution in [2.24, 2.45) is 11.8 Å². The molecule has 2 aliphatic rings. The van der Waals surface area contributed by atoms with Crippen molar-refractivity contribution < 1.29 is 9.59 Å². The molecule has 0 N–H and O–H groups in total. The number of carbonyl (C=O) groups is 2. The van der Waals surface area contributed by atoms with Crippen LogP contribution in [0.4, 0.5) is 0 Å². The number of piperidine rings is 2. The third-order valence-electron chi connectivity index (χ3n) is 7.37. The van der Waals surface area contributed by atoms with Crippen LogP contribution in [0.2, 0.25) is 0 Å². The lowest BCUT2D eigenvalue weighted by Crippen LogP contribution is -2.38. The number of likely N-dealkylation sites (tertiary alicyclic amines) is 2. The summed E-state index contributed by atoms with van der Waals surface area (Å²) in [5.41, 5.74) is 0. The Morgan fingerprint density at radius 3 is 1.57 bits per heavy atom. The Hall–Kier alpha value is -1.06. The number of hydrogen-bond acceptors (Lipinski definition) is 2. The van der Waals surface area contributed by atoms with Crippen molar-refractivity contribution in [1.82, 2.24) is 9.80 Å². The molecule has 0 radical (unpaired) electrons. The van der Waals surface area contributed by atoms with E-state index in [1.54, 1.807) is 0 Å². The Labute approximate surface area is 186 Å². The summed E-state index contributed by atoms with van der Waals surface area (Å²) in [5, 5.41) is 0. The summed E-state index contributed by atoms with van der Waals surface area (Å²) in [5.74, 6) is 2.38. The lowest BCUT2D eigenvalue weighted by atomic mass is 9.86. The van der Waals surface area contributed by atoms with Gasteiger partial charge in [-0.2, -0.15) is 0 Å². The van der Waals surface area contributed by atoms with E-state index in [4.69, 9.17) is 0 Å². The van der Waals surface area contributed by atoms with Crippen molar-refractivity contribution >= 4 is 11.8 Å². The van der Waals surface area contributed by atoms with Crippen molar-refractivity contribution in [1.29, 1.82) is 0 Å². The molecule has 4 heteroatoms. The summed E-state index contributed by atoms with van der Waals surface area (Å²) in [7, 11) is 0. The SMILES string of the molecule is CCCCCCCCC(=O)N1CCC(CCCC2CCN(C(=O)CCC)CC2)CC1. The van der Waals surface area contributed by atoms with Crippen LogP contribution in [-0.4, -0.2) is 47.8 Å². The average Bonchev–Trinajstić information content (AvgIpc) is 2.77. The lowest BCUT2D eigenvalue weighted by molar-refractivity contribution is -0.133. The predicted octanol–water partition coefficient (Wildman–Crippen LogP) is 6.18. The standard InChI is InChI=1S/C26H48N2O2/c1-3-5-6-7-8-9-14-26(30)28-21-17-24(18-22-28)13-10-12-23-15-19-27(20-16-23)25(29)11-4-2/h23-24H,3-22H2,1-2H3. The van der Waals surface area contributed by atoms with Gasteiger partial charge in [-0.25, -0.2) is 0 Å². The largest absolute Gasteiger partial charge is 0.343 e. The van der Waals surface area contributed by atoms with Gasteiger partial charge in [-0.15, -0.1) is 0 Å². The molecule has 2 fully saturated rings. The Bertz CT molecular complexity index is 477. The Kier molecular flexibility index (Phi) is 12.5. The van der Waals surface area contributed by atoms with Gasteiger partial charge >= 0.3 is 0 Å². The molecule has 0 aromatic carbocycles. The van der Waals surface area contributed by atoms with E-state index in [0.29, 0.717) is 18.2 Å². The van der Waals surface area contributed by atoms with Gasteiger partial charge in [-0.3, -0.25) is 9.59 Å². The van der Waals surface area contributed by atoms with Gasteiger partial charge < -0.3 is 9.80 Å². The van der Waals surface area contributed by atoms with E-state index >= 15 is 0 Å². The highest BCUT2D eigenvalue weighted by molar-refractivity contribution is 5.76. The van der Waals surface area contributed by atoms with E-state index < -0.39 is 0 Å². The second-order valence-electron chi connectivity index (χ2n) is 9.85. The predicted molar refractivity (Wildman–Crippen MR) is 125 cm³/mol. The number of unbranched alkanes of at least 4 members (excludes halogenated alkanes) is 5. The van der Waals surface area contributed by atoms with E-state index in [-0.39, 0.29) is 0 Å². The van der Waals surface area contributed by atoms with Crippen LogP contribution in [0, 0.1) is 11.8 Å². The second-order valence-corrected chi connectivity index (χ2v) is 9.85. The quantitative estimate of drug-likeness (QED) is 0.334. The van der Waals surface area contributed by atoms with Gasteiger partial charge in [0.25, 0.3) is 0 Å². The van der Waals surface area contributed by atoms with Crippen LogP contribution in [0.3, 0.4) is 0 Å². The number of rotatable bonds is 13. The Morgan fingerprint density at radius 2 is 1.07 bits per heavy atom. The van der Waals surface area contributed by atoms with Crippen LogP contribution in [0.25, 0.3) is 0 Å². The van der Waals surface area contributed by atoms with Crippen molar-refractivity contribution in [3.05, 3.63) is 0 Å². The highest BCUT2D eigenvalue weighted by Crippen LogP contribution is 2.28. The average molecular weight is 421 g/mol. The van der Waals surface area contributed by atoms with Gasteiger partial charge in [0.15, 0.2) is 0 Å². The zero-order chi connectivity index (χ0) is 21.6. The van der Waals surface area contributed by atoms with Crippen LogP contribution in [0.1, 0.15) is 117 Å². The molecule has 0 spiro atoms. The first-order valence-corrected chi connectivity index (χ1v) is 13.2. The van der Waals surface area contributed by atoms with E-state index in [1.165, 1.54) is 77.0 Å². The molecular formula is C26H48N2O2. The zero-order valence-electron chi connectivity index (χ0n) is 20.0. The van der Waals surface area contributed by atoms with Gasteiger partial charge in [0, 0.05) is 39.0 Å². The number of nitrogens with zero attached hydrogens (tertiary/aromatic N) is 2. The van der Waals surface area contributed by atoms with Crippen LogP contribution in [0.5, 0.6) is 0 Å². The molecule has 0 atom stereocenters. The molecule has 174 valence electrons. The highest BCUT2D eigenvalue weighted by atomic mass is 16.2. The molecule has 0 aromatic heterocycles. The third kappa shape index (κ3) is 9.39. The van der Waals surface area contributed by atoms with Crippen LogP contribution >= 0.6 is 0 Å². The normalized spacial score (nSPS) is 18.7. The molecule has 0 saturated carbocycles. The molecule has 0 aliphatic carbocycles. The summed E-state index contributed by atoms with van der Waals surface area (Å²) in [6.07, 6.45) is 18.7. The summed E-state index contributed by atoms with van der Waals surface area (Å²) in [6.45, 7) is 8.24. The molecule has 2 saturated heterocycles. The number of amides is 2. The van der Waals surface area contributed by atoms with Crippen LogP contribution in [-0.2, 0) is 9.59 Å². The minimum Gasteiger partial charge on any atom is -0.343 e. The maximum atomic E-state index is 12.4. The lowest BCUT2D eigenvalue weighted by Gasteiger charge is -2.34. The third-order valence-corrected chi connectivity index (χ3v) is 7.37. The Balaban J connectivity index is 1.49. The van der Waals surface area contributed by atoms with Gasteiger partial charge in [0.2, 0.25) is 11.8 Å². The minimum atomic E-state index is 0.355. The zero-order valence-corrected chi connectivity index (χ0v) is 20.0. The van der Waals surface area contributed by atoms with Crippen molar-refractivity contribution in [3.8, 4) is 0 Å². The molecule has 0 bridgehead atoms. The molecule has 2 rings (SSSR count). The maximum Gasteiger partial charge on any atom is 0.222 e. The number of hydrogen-bond donors (Lipinski definition) is 0. The molecule has 0 unspecified atom stereocenters. The molecule has 30 heavy (non-hydrogen) atoms. The van der Waals surface area contributed by atoms with E-state index in [2.05, 4.69) is 23.6 Å². The van der Waals surface area contributed by atoms with Crippen molar-refractivity contribution in [3.63, 3.8) is 0 Å².